The molecule has 0 heterocycles. The molecule has 0 saturated carbocycles. The van der Waals surface area contributed by atoms with Crippen molar-refractivity contribution in [2.75, 3.05) is 52.9 Å². The van der Waals surface area contributed by atoms with Gasteiger partial charge in [0.1, 0.15) is 0 Å². The van der Waals surface area contributed by atoms with Gasteiger partial charge in [-0.05, 0) is 55.4 Å². The molecule has 0 bridgehead atoms. The van der Waals surface area contributed by atoms with Crippen molar-refractivity contribution in [1.29, 1.82) is 0 Å². The molecule has 0 aromatic carbocycles. The van der Waals surface area contributed by atoms with Gasteiger partial charge in [0.15, 0.2) is 0 Å². The second-order valence-corrected chi connectivity index (χ2v) is 3.13. The summed E-state index contributed by atoms with van der Waals surface area (Å²) < 4.78 is 19.3. The van der Waals surface area contributed by atoms with Crippen LogP contribution in [-0.2, 0) is 18.9 Å². The molecule has 0 aliphatic heterocycles. The van der Waals surface area contributed by atoms with Crippen LogP contribution in [0.4, 0.5) is 0 Å². The molecule has 0 aromatic rings. The van der Waals surface area contributed by atoms with Gasteiger partial charge in [0, 0.05) is 52.9 Å². The van der Waals surface area contributed by atoms with E-state index in [1.807, 2.05) is 55.4 Å². The van der Waals surface area contributed by atoms with Crippen molar-refractivity contribution in [1.82, 2.24) is 0 Å². The summed E-state index contributed by atoms with van der Waals surface area (Å²) in [5.41, 5.74) is 0. The van der Waals surface area contributed by atoms with E-state index in [0.717, 1.165) is 52.9 Å². The van der Waals surface area contributed by atoms with Crippen LogP contribution in [0.1, 0.15) is 55.4 Å². The molecule has 0 unspecified atom stereocenters. The Balaban J connectivity index is -0.0000000533. The zero-order valence-electron chi connectivity index (χ0n) is 16.3. The van der Waals surface area contributed by atoms with Crippen molar-refractivity contribution >= 4 is 0 Å². The Morgan fingerprint density at radius 2 is 0.429 bits per heavy atom. The fourth-order valence-electron chi connectivity index (χ4n) is 0.816. The molecule has 0 saturated heterocycles. The van der Waals surface area contributed by atoms with Gasteiger partial charge in [-0.25, -0.2) is 0 Å². The van der Waals surface area contributed by atoms with E-state index in [1.165, 1.54) is 0 Å². The van der Waals surface area contributed by atoms with Crippen LogP contribution in [0.15, 0.2) is 0 Å². The van der Waals surface area contributed by atoms with E-state index in [-0.39, 0.29) is 18.9 Å². The minimum absolute atomic E-state index is 0. The topological polar surface area (TPSA) is 36.9 Å². The standard InChI is InChI=1S/4C4H10O.Li/c4*1-3-5-4-2;/h4*3-4H2,1-2H3;/q;;;;+1. The van der Waals surface area contributed by atoms with Gasteiger partial charge in [-0.1, -0.05) is 0 Å². The average molecular weight is 303 g/mol. The number of hydrogen-bond acceptors (Lipinski definition) is 4. The summed E-state index contributed by atoms with van der Waals surface area (Å²) in [4.78, 5) is 0. The SMILES string of the molecule is CCOCC.CCOCC.CCOCC.CCOCC.[Li+]. The summed E-state index contributed by atoms with van der Waals surface area (Å²) in [5.74, 6) is 0. The molecular formula is C16H40LiO4+. The van der Waals surface area contributed by atoms with E-state index in [9.17, 15) is 0 Å². The Kier molecular flexibility index (Phi) is 78.8. The van der Waals surface area contributed by atoms with E-state index in [0.29, 0.717) is 0 Å². The summed E-state index contributed by atoms with van der Waals surface area (Å²) in [5, 5.41) is 0. The van der Waals surface area contributed by atoms with Crippen LogP contribution >= 0.6 is 0 Å². The first-order chi connectivity index (χ1) is 9.66. The monoisotopic (exact) mass is 303 g/mol. The fraction of sp³-hybridized carbons (Fsp3) is 1.00. The molecule has 0 fully saturated rings. The molecule has 5 heteroatoms. The quantitative estimate of drug-likeness (QED) is 0.631. The summed E-state index contributed by atoms with van der Waals surface area (Å²) in [7, 11) is 0. The Labute approximate surface area is 146 Å². The van der Waals surface area contributed by atoms with E-state index in [4.69, 9.17) is 18.9 Å². The van der Waals surface area contributed by atoms with Gasteiger partial charge in [-0.3, -0.25) is 0 Å². The number of rotatable bonds is 8. The average Bonchev–Trinajstić information content (AvgIpc) is 2.44. The van der Waals surface area contributed by atoms with Gasteiger partial charge in [-0.2, -0.15) is 0 Å². The van der Waals surface area contributed by atoms with Crippen molar-refractivity contribution in [3.63, 3.8) is 0 Å². The first-order valence-electron chi connectivity index (χ1n) is 7.97. The Hall–Kier alpha value is 0.437. The summed E-state index contributed by atoms with van der Waals surface area (Å²) in [6.45, 7) is 22.7. The molecule has 0 radical (unpaired) electrons. The van der Waals surface area contributed by atoms with E-state index in [1.54, 1.807) is 0 Å². The number of ether oxygens (including phenoxy) is 4. The van der Waals surface area contributed by atoms with Crippen molar-refractivity contribution in [2.24, 2.45) is 0 Å². The molecule has 4 nitrogen and oxygen atoms in total. The predicted octanol–water partition coefficient (Wildman–Crippen LogP) is 1.18. The van der Waals surface area contributed by atoms with Crippen molar-refractivity contribution in [2.45, 2.75) is 55.4 Å². The second-order valence-electron chi connectivity index (χ2n) is 3.13. The predicted molar refractivity (Wildman–Crippen MR) is 88.7 cm³/mol. The maximum Gasteiger partial charge on any atom is 1.00 e. The molecule has 0 N–H and O–H groups in total. The summed E-state index contributed by atoms with van der Waals surface area (Å²) in [6, 6.07) is 0. The maximum atomic E-state index is 4.83. The third kappa shape index (κ3) is 97.6. The van der Waals surface area contributed by atoms with Crippen molar-refractivity contribution in [3.8, 4) is 0 Å². The van der Waals surface area contributed by atoms with Crippen LogP contribution < -0.4 is 18.9 Å². The van der Waals surface area contributed by atoms with Crippen LogP contribution in [0.3, 0.4) is 0 Å². The molecule has 0 amide bonds. The van der Waals surface area contributed by atoms with E-state index < -0.39 is 0 Å². The van der Waals surface area contributed by atoms with Gasteiger partial charge >= 0.3 is 18.9 Å². The van der Waals surface area contributed by atoms with Gasteiger partial charge in [0.05, 0.1) is 0 Å². The summed E-state index contributed by atoms with van der Waals surface area (Å²) in [6.07, 6.45) is 0. The molecule has 128 valence electrons. The zero-order chi connectivity index (χ0) is 16.5. The van der Waals surface area contributed by atoms with Crippen molar-refractivity contribution in [3.05, 3.63) is 0 Å². The molecule has 21 heavy (non-hydrogen) atoms. The maximum absolute atomic E-state index is 4.83. The summed E-state index contributed by atoms with van der Waals surface area (Å²) >= 11 is 0. The van der Waals surface area contributed by atoms with Gasteiger partial charge in [0.25, 0.3) is 0 Å². The Bertz CT molecular complexity index is 74.3. The van der Waals surface area contributed by atoms with Crippen LogP contribution in [0.25, 0.3) is 0 Å². The first-order valence-corrected chi connectivity index (χ1v) is 7.97. The van der Waals surface area contributed by atoms with Gasteiger partial charge in [-0.15, -0.1) is 0 Å². The van der Waals surface area contributed by atoms with Crippen LogP contribution in [0.5, 0.6) is 0 Å². The van der Waals surface area contributed by atoms with Crippen LogP contribution in [0.2, 0.25) is 0 Å². The molecule has 0 spiro atoms. The smallest absolute Gasteiger partial charge is 0.382 e. The minimum Gasteiger partial charge on any atom is -0.382 e. The van der Waals surface area contributed by atoms with Gasteiger partial charge in [0.2, 0.25) is 0 Å². The zero-order valence-corrected chi connectivity index (χ0v) is 16.3. The fourth-order valence-corrected chi connectivity index (χ4v) is 0.816. The van der Waals surface area contributed by atoms with Crippen LogP contribution in [-0.4, -0.2) is 52.9 Å². The Morgan fingerprint density at radius 3 is 0.429 bits per heavy atom. The normalized spacial score (nSPS) is 8.00. The molecule has 0 rings (SSSR count). The first kappa shape index (κ1) is 33.1. The molecule has 0 aromatic heterocycles. The molecule has 0 aliphatic carbocycles. The minimum atomic E-state index is 0. The van der Waals surface area contributed by atoms with Crippen molar-refractivity contribution < 1.29 is 37.8 Å². The molecule has 0 aliphatic rings. The number of hydrogen-bond donors (Lipinski definition) is 0. The third-order valence-corrected chi connectivity index (χ3v) is 1.63. The second kappa shape index (κ2) is 49.9. The van der Waals surface area contributed by atoms with Gasteiger partial charge < -0.3 is 18.9 Å². The van der Waals surface area contributed by atoms with E-state index in [2.05, 4.69) is 0 Å². The largest absolute Gasteiger partial charge is 1.00 e. The third-order valence-electron chi connectivity index (χ3n) is 1.63. The van der Waals surface area contributed by atoms with Crippen LogP contribution in [0, 0.1) is 0 Å². The van der Waals surface area contributed by atoms with E-state index >= 15 is 0 Å². The molecule has 0 atom stereocenters. The molecular weight excluding hydrogens is 263 g/mol. The Morgan fingerprint density at radius 1 is 0.333 bits per heavy atom.